The van der Waals surface area contributed by atoms with Crippen molar-refractivity contribution in [2.45, 2.75) is 0 Å². The highest BCUT2D eigenvalue weighted by Crippen LogP contribution is 2.29. The van der Waals surface area contributed by atoms with Gasteiger partial charge in [0.1, 0.15) is 5.75 Å². The van der Waals surface area contributed by atoms with Gasteiger partial charge in [-0.2, -0.15) is 0 Å². The first-order valence-corrected chi connectivity index (χ1v) is 4.62. The molecule has 2 aromatic carbocycles. The van der Waals surface area contributed by atoms with E-state index >= 15 is 0 Å². The van der Waals surface area contributed by atoms with E-state index in [9.17, 15) is 9.90 Å². The van der Waals surface area contributed by atoms with Crippen molar-refractivity contribution in [3.63, 3.8) is 0 Å². The third-order valence-electron chi connectivity index (χ3n) is 2.19. The number of fused-ring (bicyclic) bond motifs is 1. The summed E-state index contributed by atoms with van der Waals surface area (Å²) in [6.45, 7) is 0. The predicted molar refractivity (Wildman–Crippen MR) is 57.6 cm³/mol. The van der Waals surface area contributed by atoms with Gasteiger partial charge in [0.25, 0.3) is 0 Å². The third-order valence-corrected chi connectivity index (χ3v) is 2.42. The molecule has 0 aliphatic carbocycles. The lowest BCUT2D eigenvalue weighted by Crippen LogP contribution is -1.97. The van der Waals surface area contributed by atoms with Crippen molar-refractivity contribution in [1.82, 2.24) is 0 Å². The molecule has 0 heterocycles. The SMILES string of the molecule is O=C(O)c1ccc(O)c2ccc(Cl)cc12. The summed E-state index contributed by atoms with van der Waals surface area (Å²) in [4.78, 5) is 10.9. The molecule has 4 heteroatoms. The molecule has 0 amide bonds. The van der Waals surface area contributed by atoms with Crippen LogP contribution >= 0.6 is 11.6 Å². The molecule has 0 bridgehead atoms. The number of hydrogen-bond acceptors (Lipinski definition) is 2. The quantitative estimate of drug-likeness (QED) is 0.780. The molecular formula is C11H7ClO3. The predicted octanol–water partition coefficient (Wildman–Crippen LogP) is 2.90. The Morgan fingerprint density at radius 1 is 1.13 bits per heavy atom. The Labute approximate surface area is 90.5 Å². The number of aromatic carboxylic acids is 1. The smallest absolute Gasteiger partial charge is 0.336 e. The Bertz CT molecular complexity index is 549. The zero-order valence-corrected chi connectivity index (χ0v) is 8.32. The Morgan fingerprint density at radius 2 is 1.87 bits per heavy atom. The van der Waals surface area contributed by atoms with Crippen LogP contribution in [-0.2, 0) is 0 Å². The van der Waals surface area contributed by atoms with Crippen molar-refractivity contribution < 1.29 is 15.0 Å². The van der Waals surface area contributed by atoms with Gasteiger partial charge in [0.05, 0.1) is 5.56 Å². The van der Waals surface area contributed by atoms with E-state index in [0.29, 0.717) is 15.8 Å². The van der Waals surface area contributed by atoms with Crippen molar-refractivity contribution in [2.24, 2.45) is 0 Å². The molecule has 0 spiro atoms. The average molecular weight is 223 g/mol. The Balaban J connectivity index is 2.90. The summed E-state index contributed by atoms with van der Waals surface area (Å²) in [5.74, 6) is -0.992. The number of halogens is 1. The lowest BCUT2D eigenvalue weighted by molar-refractivity contribution is 0.0699. The normalized spacial score (nSPS) is 10.5. The van der Waals surface area contributed by atoms with Crippen LogP contribution in [0.25, 0.3) is 10.8 Å². The van der Waals surface area contributed by atoms with Gasteiger partial charge in [-0.15, -0.1) is 0 Å². The maximum Gasteiger partial charge on any atom is 0.336 e. The minimum atomic E-state index is -1.04. The monoisotopic (exact) mass is 222 g/mol. The van der Waals surface area contributed by atoms with Gasteiger partial charge < -0.3 is 10.2 Å². The molecule has 3 nitrogen and oxygen atoms in total. The largest absolute Gasteiger partial charge is 0.507 e. The second-order valence-corrected chi connectivity index (χ2v) is 3.56. The third kappa shape index (κ3) is 1.62. The van der Waals surface area contributed by atoms with Gasteiger partial charge in [0.2, 0.25) is 0 Å². The van der Waals surface area contributed by atoms with Crippen LogP contribution in [-0.4, -0.2) is 16.2 Å². The van der Waals surface area contributed by atoms with Gasteiger partial charge in [-0.1, -0.05) is 11.6 Å². The number of carbonyl (C=O) groups is 1. The van der Waals surface area contributed by atoms with Gasteiger partial charge in [-0.25, -0.2) is 4.79 Å². The van der Waals surface area contributed by atoms with Crippen molar-refractivity contribution in [2.75, 3.05) is 0 Å². The van der Waals surface area contributed by atoms with Crippen LogP contribution in [0.4, 0.5) is 0 Å². The molecule has 15 heavy (non-hydrogen) atoms. The first-order chi connectivity index (χ1) is 7.09. The maximum absolute atomic E-state index is 10.9. The highest BCUT2D eigenvalue weighted by Gasteiger charge is 2.10. The molecule has 0 aliphatic heterocycles. The number of benzene rings is 2. The number of carboxylic acid groups (broad SMARTS) is 1. The van der Waals surface area contributed by atoms with Crippen molar-refractivity contribution in [3.05, 3.63) is 40.9 Å². The van der Waals surface area contributed by atoms with Gasteiger partial charge in [0.15, 0.2) is 0 Å². The number of rotatable bonds is 1. The van der Waals surface area contributed by atoms with Crippen molar-refractivity contribution in [1.29, 1.82) is 0 Å². The van der Waals surface area contributed by atoms with Gasteiger partial charge in [0, 0.05) is 15.8 Å². The molecule has 0 atom stereocenters. The first-order valence-electron chi connectivity index (χ1n) is 4.24. The van der Waals surface area contributed by atoms with E-state index in [1.54, 1.807) is 12.1 Å². The van der Waals surface area contributed by atoms with Gasteiger partial charge >= 0.3 is 5.97 Å². The Kier molecular flexibility index (Phi) is 2.25. The molecule has 0 unspecified atom stereocenters. The highest BCUT2D eigenvalue weighted by atomic mass is 35.5. The van der Waals surface area contributed by atoms with Gasteiger partial charge in [-0.05, 0) is 30.3 Å². The first kappa shape index (κ1) is 9.80. The number of hydrogen-bond donors (Lipinski definition) is 2. The Hall–Kier alpha value is -1.74. The second-order valence-electron chi connectivity index (χ2n) is 3.13. The van der Waals surface area contributed by atoms with E-state index in [4.69, 9.17) is 16.7 Å². The summed E-state index contributed by atoms with van der Waals surface area (Å²) in [6, 6.07) is 7.45. The van der Waals surface area contributed by atoms with E-state index in [-0.39, 0.29) is 11.3 Å². The van der Waals surface area contributed by atoms with Crippen LogP contribution < -0.4 is 0 Å². The zero-order chi connectivity index (χ0) is 11.0. The van der Waals surface area contributed by atoms with E-state index in [2.05, 4.69) is 0 Å². The molecule has 0 saturated heterocycles. The topological polar surface area (TPSA) is 57.5 Å². The van der Waals surface area contributed by atoms with Crippen LogP contribution in [0.15, 0.2) is 30.3 Å². The molecule has 76 valence electrons. The fourth-order valence-electron chi connectivity index (χ4n) is 1.49. The van der Waals surface area contributed by atoms with E-state index in [1.165, 1.54) is 18.2 Å². The summed E-state index contributed by atoms with van der Waals surface area (Å²) in [5, 5.41) is 19.8. The molecular weight excluding hydrogens is 216 g/mol. The molecule has 0 aliphatic rings. The molecule has 2 N–H and O–H groups in total. The number of phenolic OH excluding ortho intramolecular Hbond substituents is 1. The van der Waals surface area contributed by atoms with Crippen LogP contribution in [0.1, 0.15) is 10.4 Å². The molecule has 2 rings (SSSR count). The second kappa shape index (κ2) is 3.44. The minimum Gasteiger partial charge on any atom is -0.507 e. The molecule has 0 fully saturated rings. The summed E-state index contributed by atoms with van der Waals surface area (Å²) in [7, 11) is 0. The maximum atomic E-state index is 10.9. The van der Waals surface area contributed by atoms with E-state index in [1.807, 2.05) is 0 Å². The standard InChI is InChI=1S/C11H7ClO3/c12-6-1-2-7-9(5-6)8(11(14)15)3-4-10(7)13/h1-5,13H,(H,14,15). The highest BCUT2D eigenvalue weighted by molar-refractivity contribution is 6.31. The fraction of sp³-hybridized carbons (Fsp3) is 0. The molecule has 0 saturated carbocycles. The molecule has 0 radical (unpaired) electrons. The van der Waals surface area contributed by atoms with Crippen molar-refractivity contribution >= 4 is 28.3 Å². The lowest BCUT2D eigenvalue weighted by atomic mass is 10.0. The lowest BCUT2D eigenvalue weighted by Gasteiger charge is -2.04. The van der Waals surface area contributed by atoms with E-state index in [0.717, 1.165) is 0 Å². The van der Waals surface area contributed by atoms with Crippen LogP contribution in [0.2, 0.25) is 5.02 Å². The summed E-state index contributed by atoms with van der Waals surface area (Å²) in [6.07, 6.45) is 0. The average Bonchev–Trinajstić information content (AvgIpc) is 2.17. The minimum absolute atomic E-state index is 0.0478. The summed E-state index contributed by atoms with van der Waals surface area (Å²) in [5.41, 5.74) is 0.130. The van der Waals surface area contributed by atoms with Gasteiger partial charge in [-0.3, -0.25) is 0 Å². The summed E-state index contributed by atoms with van der Waals surface area (Å²) >= 11 is 5.77. The Morgan fingerprint density at radius 3 is 2.53 bits per heavy atom. The van der Waals surface area contributed by atoms with Crippen molar-refractivity contribution in [3.8, 4) is 5.75 Å². The zero-order valence-electron chi connectivity index (χ0n) is 7.57. The number of carboxylic acids is 1. The van der Waals surface area contributed by atoms with E-state index < -0.39 is 5.97 Å². The summed E-state index contributed by atoms with van der Waals surface area (Å²) < 4.78 is 0. The fourth-order valence-corrected chi connectivity index (χ4v) is 1.66. The number of aromatic hydroxyl groups is 1. The van der Waals surface area contributed by atoms with Crippen LogP contribution in [0.5, 0.6) is 5.75 Å². The van der Waals surface area contributed by atoms with Crippen LogP contribution in [0, 0.1) is 0 Å². The molecule has 0 aromatic heterocycles. The van der Waals surface area contributed by atoms with Crippen LogP contribution in [0.3, 0.4) is 0 Å². The molecule has 2 aromatic rings. The number of phenols is 1.